The molecule has 0 aromatic heterocycles. The molecule has 3 unspecified atom stereocenters. The van der Waals surface area contributed by atoms with Gasteiger partial charge in [-0.3, -0.25) is 9.59 Å². The van der Waals surface area contributed by atoms with Gasteiger partial charge in [0.05, 0.1) is 6.54 Å². The largest absolute Gasteiger partial charge is 0.508 e. The zero-order chi connectivity index (χ0) is 24.7. The van der Waals surface area contributed by atoms with E-state index >= 15 is 0 Å². The van der Waals surface area contributed by atoms with Crippen LogP contribution in [0.2, 0.25) is 0 Å². The normalized spacial score (nSPS) is 21.6. The Morgan fingerprint density at radius 1 is 1.18 bits per heavy atom. The topological polar surface area (TPSA) is 72.9 Å². The van der Waals surface area contributed by atoms with Crippen molar-refractivity contribution >= 4 is 11.8 Å². The van der Waals surface area contributed by atoms with Crippen LogP contribution in [0.4, 0.5) is 0 Å². The Morgan fingerprint density at radius 3 is 2.56 bits per heavy atom. The summed E-state index contributed by atoms with van der Waals surface area (Å²) in [5.74, 6) is 0.377. The van der Waals surface area contributed by atoms with E-state index in [1.165, 1.54) is 10.5 Å². The van der Waals surface area contributed by atoms with Crippen molar-refractivity contribution in [2.45, 2.75) is 38.5 Å². The maximum absolute atomic E-state index is 13.0. The number of benzene rings is 2. The molecular weight excluding hydrogens is 426 g/mol. The molecule has 0 radical (unpaired) electrons. The van der Waals surface area contributed by atoms with Crippen molar-refractivity contribution in [3.8, 4) is 5.75 Å². The van der Waals surface area contributed by atoms with E-state index in [-0.39, 0.29) is 29.7 Å². The Labute approximate surface area is 204 Å². The van der Waals surface area contributed by atoms with Crippen LogP contribution < -0.4 is 5.32 Å². The molecule has 3 atom stereocenters. The second kappa shape index (κ2) is 11.5. The second-order valence-corrected chi connectivity index (χ2v) is 10.1. The number of likely N-dealkylation sites (N-methyl/N-ethyl adjacent to an activating group) is 1. The number of hydrogen-bond acceptors (Lipinski definition) is 4. The molecule has 1 saturated heterocycles. The SMILES string of the molecule is CC1CN(CCC(Cc2ccccc2)C(=O)NCC(=O)N(C)C)CCC1(C)c1cccc(O)c1. The molecule has 0 spiro atoms. The number of rotatable bonds is 9. The third-order valence-electron chi connectivity index (χ3n) is 7.47. The molecule has 2 aromatic rings. The first-order valence-corrected chi connectivity index (χ1v) is 12.2. The van der Waals surface area contributed by atoms with E-state index in [0.29, 0.717) is 18.1 Å². The Balaban J connectivity index is 1.62. The summed E-state index contributed by atoms with van der Waals surface area (Å²) in [6.45, 7) is 7.34. The smallest absolute Gasteiger partial charge is 0.241 e. The van der Waals surface area contributed by atoms with Crippen LogP contribution in [0.5, 0.6) is 5.75 Å². The summed E-state index contributed by atoms with van der Waals surface area (Å²) in [5.41, 5.74) is 2.33. The number of aromatic hydroxyl groups is 1. The lowest BCUT2D eigenvalue weighted by molar-refractivity contribution is -0.132. The van der Waals surface area contributed by atoms with Crippen molar-refractivity contribution in [3.63, 3.8) is 0 Å². The van der Waals surface area contributed by atoms with Crippen LogP contribution in [0.25, 0.3) is 0 Å². The van der Waals surface area contributed by atoms with Gasteiger partial charge < -0.3 is 20.2 Å². The highest BCUT2D eigenvalue weighted by atomic mass is 16.3. The number of carbonyl (C=O) groups excluding carboxylic acids is 2. The van der Waals surface area contributed by atoms with E-state index in [2.05, 4.69) is 42.3 Å². The molecule has 1 heterocycles. The van der Waals surface area contributed by atoms with Gasteiger partial charge in [0.25, 0.3) is 0 Å². The molecule has 2 aromatic carbocycles. The zero-order valence-electron chi connectivity index (χ0n) is 21.0. The van der Waals surface area contributed by atoms with Gasteiger partial charge in [-0.05, 0) is 66.9 Å². The predicted octanol–water partition coefficient (Wildman–Crippen LogP) is 3.45. The van der Waals surface area contributed by atoms with Crippen molar-refractivity contribution < 1.29 is 14.7 Å². The van der Waals surface area contributed by atoms with E-state index < -0.39 is 0 Å². The number of nitrogens with zero attached hydrogens (tertiary/aromatic N) is 2. The molecule has 1 aliphatic heterocycles. The van der Waals surface area contributed by atoms with Crippen LogP contribution in [0.3, 0.4) is 0 Å². The van der Waals surface area contributed by atoms with Crippen molar-refractivity contribution in [1.29, 1.82) is 0 Å². The first kappa shape index (κ1) is 25.8. The van der Waals surface area contributed by atoms with Gasteiger partial charge in [-0.2, -0.15) is 0 Å². The second-order valence-electron chi connectivity index (χ2n) is 10.1. The molecule has 3 rings (SSSR count). The van der Waals surface area contributed by atoms with Crippen molar-refractivity contribution in [1.82, 2.24) is 15.1 Å². The minimum absolute atomic E-state index is 0.0165. The number of hydrogen-bond donors (Lipinski definition) is 2. The molecule has 1 aliphatic rings. The van der Waals surface area contributed by atoms with Gasteiger partial charge in [-0.1, -0.05) is 56.3 Å². The van der Waals surface area contributed by atoms with Crippen LogP contribution >= 0.6 is 0 Å². The molecule has 0 saturated carbocycles. The lowest BCUT2D eigenvalue weighted by atomic mass is 9.68. The fraction of sp³-hybridized carbons (Fsp3) is 0.500. The summed E-state index contributed by atoms with van der Waals surface area (Å²) in [6, 6.07) is 17.7. The highest BCUT2D eigenvalue weighted by Crippen LogP contribution is 2.40. The number of amides is 2. The van der Waals surface area contributed by atoms with E-state index in [0.717, 1.165) is 38.0 Å². The lowest BCUT2D eigenvalue weighted by Crippen LogP contribution is -2.48. The van der Waals surface area contributed by atoms with E-state index in [1.54, 1.807) is 20.2 Å². The maximum Gasteiger partial charge on any atom is 0.241 e. The van der Waals surface area contributed by atoms with E-state index in [1.807, 2.05) is 30.3 Å². The molecule has 0 aliphatic carbocycles. The van der Waals surface area contributed by atoms with Gasteiger partial charge in [0.2, 0.25) is 11.8 Å². The predicted molar refractivity (Wildman–Crippen MR) is 136 cm³/mol. The Hall–Kier alpha value is -2.86. The Bertz CT molecular complexity index is 962. The molecule has 184 valence electrons. The lowest BCUT2D eigenvalue weighted by Gasteiger charge is -2.45. The molecule has 6 heteroatoms. The van der Waals surface area contributed by atoms with Crippen molar-refractivity contribution in [3.05, 3.63) is 65.7 Å². The molecule has 6 nitrogen and oxygen atoms in total. The number of phenols is 1. The monoisotopic (exact) mass is 465 g/mol. The molecule has 2 N–H and O–H groups in total. The molecular formula is C28H39N3O3. The number of piperidine rings is 1. The summed E-state index contributed by atoms with van der Waals surface area (Å²) < 4.78 is 0. The van der Waals surface area contributed by atoms with E-state index in [4.69, 9.17) is 0 Å². The highest BCUT2D eigenvalue weighted by molar-refractivity contribution is 5.85. The molecule has 0 bridgehead atoms. The van der Waals surface area contributed by atoms with Crippen LogP contribution in [-0.4, -0.2) is 67.0 Å². The van der Waals surface area contributed by atoms with Crippen LogP contribution in [-0.2, 0) is 21.4 Å². The molecule has 34 heavy (non-hydrogen) atoms. The summed E-state index contributed by atoms with van der Waals surface area (Å²) in [4.78, 5) is 28.9. The van der Waals surface area contributed by atoms with Crippen LogP contribution in [0.15, 0.2) is 54.6 Å². The van der Waals surface area contributed by atoms with Gasteiger partial charge in [0, 0.05) is 26.6 Å². The average Bonchev–Trinajstić information content (AvgIpc) is 2.82. The highest BCUT2D eigenvalue weighted by Gasteiger charge is 2.38. The Morgan fingerprint density at radius 2 is 1.91 bits per heavy atom. The van der Waals surface area contributed by atoms with Gasteiger partial charge in [-0.25, -0.2) is 0 Å². The summed E-state index contributed by atoms with van der Waals surface area (Å²) in [5, 5.41) is 12.8. The maximum atomic E-state index is 13.0. The summed E-state index contributed by atoms with van der Waals surface area (Å²) >= 11 is 0. The van der Waals surface area contributed by atoms with Crippen LogP contribution in [0.1, 0.15) is 37.8 Å². The molecule has 2 amide bonds. The van der Waals surface area contributed by atoms with Gasteiger partial charge in [0.1, 0.15) is 5.75 Å². The molecule has 1 fully saturated rings. The van der Waals surface area contributed by atoms with Gasteiger partial charge in [0.15, 0.2) is 0 Å². The van der Waals surface area contributed by atoms with Gasteiger partial charge >= 0.3 is 0 Å². The number of phenolic OH excluding ortho intramolecular Hbond substituents is 1. The summed E-state index contributed by atoms with van der Waals surface area (Å²) in [6.07, 6.45) is 2.41. The first-order valence-electron chi connectivity index (χ1n) is 12.2. The summed E-state index contributed by atoms with van der Waals surface area (Å²) in [7, 11) is 3.38. The third-order valence-corrected chi connectivity index (χ3v) is 7.47. The standard InChI is InChI=1S/C28H39N3O3/c1-21-20-31(16-14-28(21,2)24-11-8-12-25(32)18-24)15-13-23(17-22-9-6-5-7-10-22)27(34)29-19-26(33)30(3)4/h5-12,18,21,23,32H,13-17,19-20H2,1-4H3,(H,29,34). The number of carbonyl (C=O) groups is 2. The minimum atomic E-state index is -0.188. The fourth-order valence-electron chi connectivity index (χ4n) is 4.84. The van der Waals surface area contributed by atoms with Crippen molar-refractivity contribution in [2.24, 2.45) is 11.8 Å². The zero-order valence-corrected chi connectivity index (χ0v) is 21.0. The minimum Gasteiger partial charge on any atom is -0.508 e. The van der Waals surface area contributed by atoms with E-state index in [9.17, 15) is 14.7 Å². The first-order chi connectivity index (χ1) is 16.2. The number of nitrogens with one attached hydrogen (secondary N) is 1. The number of likely N-dealkylation sites (tertiary alicyclic amines) is 1. The quantitative estimate of drug-likeness (QED) is 0.595. The average molecular weight is 466 g/mol. The van der Waals surface area contributed by atoms with Gasteiger partial charge in [-0.15, -0.1) is 0 Å². The third kappa shape index (κ3) is 6.60. The van der Waals surface area contributed by atoms with Crippen LogP contribution in [0, 0.1) is 11.8 Å². The van der Waals surface area contributed by atoms with Crippen molar-refractivity contribution in [2.75, 3.05) is 40.3 Å². The fourth-order valence-corrected chi connectivity index (χ4v) is 4.84. The Kier molecular flexibility index (Phi) is 8.72.